The van der Waals surface area contributed by atoms with Gasteiger partial charge in [-0.15, -0.1) is 0 Å². The summed E-state index contributed by atoms with van der Waals surface area (Å²) >= 11 is 6.62. The zero-order chi connectivity index (χ0) is 26.3. The number of hydrogen-bond acceptors (Lipinski definition) is 7. The maximum Gasteiger partial charge on any atom is 0.433 e. The average molecular weight is 533 g/mol. The fraction of sp³-hybridized carbons (Fsp3) is 0.292. The Kier molecular flexibility index (Phi) is 6.46. The summed E-state index contributed by atoms with van der Waals surface area (Å²) in [4.78, 5) is 20.8. The number of aliphatic hydroxyl groups is 1. The van der Waals surface area contributed by atoms with Crippen LogP contribution in [-0.2, 0) is 12.7 Å². The monoisotopic (exact) mass is 532 g/mol. The average Bonchev–Trinajstić information content (AvgIpc) is 3.38. The molecule has 0 bridgehead atoms. The summed E-state index contributed by atoms with van der Waals surface area (Å²) in [6.07, 6.45) is -0.473. The Morgan fingerprint density at radius 3 is 2.73 bits per heavy atom. The first kappa shape index (κ1) is 24.9. The number of carbonyl (C=O) groups is 1. The van der Waals surface area contributed by atoms with Crippen molar-refractivity contribution in [1.82, 2.24) is 30.2 Å². The normalized spacial score (nSPS) is 14.5. The summed E-state index contributed by atoms with van der Waals surface area (Å²) < 4.78 is 48.6. The lowest BCUT2D eigenvalue weighted by molar-refractivity contribution is -0.144. The van der Waals surface area contributed by atoms with E-state index in [2.05, 4.69) is 25.5 Å². The molecule has 1 aromatic carbocycles. The predicted molar refractivity (Wildman–Crippen MR) is 126 cm³/mol. The molecule has 9 nitrogen and oxygen atoms in total. The van der Waals surface area contributed by atoms with Crippen LogP contribution in [0.1, 0.15) is 35.8 Å². The Morgan fingerprint density at radius 2 is 2.08 bits per heavy atom. The highest BCUT2D eigenvalue weighted by molar-refractivity contribution is 6.36. The van der Waals surface area contributed by atoms with Crippen LogP contribution >= 0.6 is 11.6 Å². The standard InChI is InChI=1S/C24H20ClF3N6O3/c1-12(35)10-34-22(24(26,27)28)16(9-31-34)21-18(17-7-8-29-11-30-17)20(33-37-21)14-3-2-4-15(19(14)25)23(36)32-13-5-6-13/h2-4,7-9,11-13,35H,5-6,10H2,1H3,(H,32,36)/t12-/m1/s1. The summed E-state index contributed by atoms with van der Waals surface area (Å²) in [6, 6.07) is 6.33. The number of carbonyl (C=O) groups excluding carboxylic acids is 1. The summed E-state index contributed by atoms with van der Waals surface area (Å²) in [7, 11) is 0. The molecule has 0 aliphatic heterocycles. The largest absolute Gasteiger partial charge is 0.433 e. The molecule has 0 unspecified atom stereocenters. The van der Waals surface area contributed by atoms with E-state index in [1.54, 1.807) is 18.2 Å². The van der Waals surface area contributed by atoms with Crippen LogP contribution in [0.25, 0.3) is 33.8 Å². The zero-order valence-corrected chi connectivity index (χ0v) is 20.1. The Morgan fingerprint density at radius 1 is 1.30 bits per heavy atom. The molecule has 4 aromatic rings. The maximum absolute atomic E-state index is 14.2. The van der Waals surface area contributed by atoms with Crippen molar-refractivity contribution in [3.8, 4) is 33.8 Å². The third-order valence-electron chi connectivity index (χ3n) is 5.73. The van der Waals surface area contributed by atoms with Crippen LogP contribution in [0.4, 0.5) is 13.2 Å². The lowest BCUT2D eigenvalue weighted by Crippen LogP contribution is -2.25. The molecule has 13 heteroatoms. The van der Waals surface area contributed by atoms with E-state index < -0.39 is 18.0 Å². The number of rotatable bonds is 7. The second-order valence-corrected chi connectivity index (χ2v) is 9.06. The van der Waals surface area contributed by atoms with Crippen molar-refractivity contribution in [2.75, 3.05) is 0 Å². The second kappa shape index (κ2) is 9.60. The van der Waals surface area contributed by atoms with E-state index in [4.69, 9.17) is 16.1 Å². The first-order valence-electron chi connectivity index (χ1n) is 11.3. The molecule has 1 aliphatic rings. The Hall–Kier alpha value is -3.77. The van der Waals surface area contributed by atoms with Gasteiger partial charge in [0.05, 0.1) is 46.3 Å². The molecule has 3 aromatic heterocycles. The Balaban J connectivity index is 1.70. The summed E-state index contributed by atoms with van der Waals surface area (Å²) in [5.74, 6) is -0.609. The van der Waals surface area contributed by atoms with Gasteiger partial charge in [-0.05, 0) is 31.9 Å². The van der Waals surface area contributed by atoms with Gasteiger partial charge in [0.25, 0.3) is 5.91 Å². The fourth-order valence-electron chi connectivity index (χ4n) is 3.95. The van der Waals surface area contributed by atoms with Gasteiger partial charge in [0, 0.05) is 17.8 Å². The number of benzene rings is 1. The van der Waals surface area contributed by atoms with Gasteiger partial charge in [0.15, 0.2) is 11.5 Å². The predicted octanol–water partition coefficient (Wildman–Crippen LogP) is 4.61. The van der Waals surface area contributed by atoms with Crippen LogP contribution in [-0.4, -0.2) is 48.1 Å². The molecule has 1 atom stereocenters. The van der Waals surface area contributed by atoms with Crippen LogP contribution in [0.2, 0.25) is 5.02 Å². The molecule has 1 amide bonds. The number of aromatic nitrogens is 5. The lowest BCUT2D eigenvalue weighted by Gasteiger charge is -2.13. The molecule has 1 saturated carbocycles. The van der Waals surface area contributed by atoms with Crippen LogP contribution < -0.4 is 5.32 Å². The number of halogens is 4. The van der Waals surface area contributed by atoms with Gasteiger partial charge in [0.1, 0.15) is 12.0 Å². The highest BCUT2D eigenvalue weighted by atomic mass is 35.5. The van der Waals surface area contributed by atoms with Crippen molar-refractivity contribution in [2.45, 2.75) is 44.6 Å². The van der Waals surface area contributed by atoms with E-state index in [0.717, 1.165) is 19.0 Å². The van der Waals surface area contributed by atoms with Crippen molar-refractivity contribution < 1.29 is 27.6 Å². The molecular formula is C24H20ClF3N6O3. The number of hydrogen-bond donors (Lipinski definition) is 2. The lowest BCUT2D eigenvalue weighted by atomic mass is 9.98. The Bertz CT molecular complexity index is 1450. The molecule has 1 aliphatic carbocycles. The number of alkyl halides is 3. The Labute approximate surface area is 213 Å². The fourth-order valence-corrected chi connectivity index (χ4v) is 4.26. The van der Waals surface area contributed by atoms with E-state index in [9.17, 15) is 23.1 Å². The van der Waals surface area contributed by atoms with Crippen LogP contribution in [0.5, 0.6) is 0 Å². The molecule has 192 valence electrons. The minimum absolute atomic E-state index is 0.0663. The minimum Gasteiger partial charge on any atom is -0.391 e. The van der Waals surface area contributed by atoms with Gasteiger partial charge < -0.3 is 14.9 Å². The number of amides is 1. The van der Waals surface area contributed by atoms with E-state index in [1.807, 2.05) is 0 Å². The molecule has 0 radical (unpaired) electrons. The first-order valence-corrected chi connectivity index (χ1v) is 11.7. The molecule has 37 heavy (non-hydrogen) atoms. The van der Waals surface area contributed by atoms with Crippen molar-refractivity contribution in [1.29, 1.82) is 0 Å². The first-order chi connectivity index (χ1) is 17.6. The molecule has 5 rings (SSSR count). The molecular weight excluding hydrogens is 513 g/mol. The van der Waals surface area contributed by atoms with Gasteiger partial charge in [-0.25, -0.2) is 9.97 Å². The number of aliphatic hydroxyl groups excluding tert-OH is 1. The minimum atomic E-state index is -4.82. The molecule has 3 heterocycles. The van der Waals surface area contributed by atoms with Crippen molar-refractivity contribution >= 4 is 17.5 Å². The van der Waals surface area contributed by atoms with E-state index in [-0.39, 0.29) is 62.9 Å². The quantitative estimate of drug-likeness (QED) is 0.357. The molecule has 0 saturated heterocycles. The topological polar surface area (TPSA) is 119 Å². The second-order valence-electron chi connectivity index (χ2n) is 8.68. The summed E-state index contributed by atoms with van der Waals surface area (Å²) in [5.41, 5.74) is -0.596. The SMILES string of the molecule is C[C@@H](O)Cn1ncc(-c2onc(-c3cccc(C(=O)NC4CC4)c3Cl)c2-c2ccncn2)c1C(F)(F)F. The summed E-state index contributed by atoms with van der Waals surface area (Å²) in [6.45, 7) is 0.970. The van der Waals surface area contributed by atoms with Crippen molar-refractivity contribution in [2.24, 2.45) is 0 Å². The van der Waals surface area contributed by atoms with Gasteiger partial charge >= 0.3 is 6.18 Å². The molecule has 0 spiro atoms. The van der Waals surface area contributed by atoms with Crippen LogP contribution in [0.3, 0.4) is 0 Å². The van der Waals surface area contributed by atoms with Gasteiger partial charge in [-0.1, -0.05) is 28.9 Å². The maximum atomic E-state index is 14.2. The number of nitrogens with one attached hydrogen (secondary N) is 1. The smallest absolute Gasteiger partial charge is 0.391 e. The third-order valence-corrected chi connectivity index (χ3v) is 6.14. The van der Waals surface area contributed by atoms with Gasteiger partial charge in [0.2, 0.25) is 0 Å². The van der Waals surface area contributed by atoms with Crippen LogP contribution in [0, 0.1) is 0 Å². The van der Waals surface area contributed by atoms with Gasteiger partial charge in [-0.2, -0.15) is 18.3 Å². The van der Waals surface area contributed by atoms with Crippen molar-refractivity contribution in [3.05, 3.63) is 59.3 Å². The third kappa shape index (κ3) is 4.94. The number of nitrogens with zero attached hydrogens (tertiary/aromatic N) is 5. The summed E-state index contributed by atoms with van der Waals surface area (Å²) in [5, 5.41) is 20.5. The van der Waals surface area contributed by atoms with Gasteiger partial charge in [-0.3, -0.25) is 9.48 Å². The highest BCUT2D eigenvalue weighted by Gasteiger charge is 2.41. The zero-order valence-electron chi connectivity index (χ0n) is 19.3. The van der Waals surface area contributed by atoms with E-state index in [1.165, 1.54) is 25.5 Å². The van der Waals surface area contributed by atoms with Crippen LogP contribution in [0.15, 0.2) is 47.5 Å². The van der Waals surface area contributed by atoms with Crippen molar-refractivity contribution in [3.63, 3.8) is 0 Å². The molecule has 2 N–H and O–H groups in total. The molecule has 1 fully saturated rings. The highest BCUT2D eigenvalue weighted by Crippen LogP contribution is 2.45. The van der Waals surface area contributed by atoms with E-state index >= 15 is 0 Å². The van der Waals surface area contributed by atoms with E-state index in [0.29, 0.717) is 4.68 Å².